The molecule has 0 bridgehead atoms. The van der Waals surface area contributed by atoms with Gasteiger partial charge in [0, 0.05) is 16.3 Å². The summed E-state index contributed by atoms with van der Waals surface area (Å²) in [7, 11) is 0. The van der Waals surface area contributed by atoms with Crippen LogP contribution in [0.3, 0.4) is 0 Å². The number of thiocarbonyl (C=S) groups is 1. The van der Waals surface area contributed by atoms with Crippen LogP contribution in [0.5, 0.6) is 0 Å². The normalized spacial score (nSPS) is 10.8. The molecule has 0 aliphatic carbocycles. The molecular formula is C22H15ClFN3O2S. The lowest BCUT2D eigenvalue weighted by atomic mass is 10.1. The molecule has 0 fully saturated rings. The highest BCUT2D eigenvalue weighted by molar-refractivity contribution is 7.80. The number of nitrogens with one attached hydrogen (secondary N) is 2. The summed E-state index contributed by atoms with van der Waals surface area (Å²) in [6.07, 6.45) is 0. The van der Waals surface area contributed by atoms with Crippen LogP contribution in [-0.4, -0.2) is 16.0 Å². The number of carbonyl (C=O) groups is 1. The number of fused-ring (bicyclic) bond motifs is 1. The number of hydrogen-bond donors (Lipinski definition) is 2. The molecule has 3 aromatic carbocycles. The minimum Gasteiger partial charge on any atom is -0.436 e. The highest BCUT2D eigenvalue weighted by Crippen LogP contribution is 2.31. The number of aromatic nitrogens is 1. The minimum atomic E-state index is -0.629. The van der Waals surface area contributed by atoms with Gasteiger partial charge in [-0.05, 0) is 67.2 Å². The number of halogens is 2. The Morgan fingerprint density at radius 1 is 1.13 bits per heavy atom. The van der Waals surface area contributed by atoms with Crippen molar-refractivity contribution in [2.24, 2.45) is 0 Å². The Morgan fingerprint density at radius 2 is 1.93 bits per heavy atom. The summed E-state index contributed by atoms with van der Waals surface area (Å²) in [6, 6.07) is 16.4. The van der Waals surface area contributed by atoms with Gasteiger partial charge in [-0.2, -0.15) is 0 Å². The van der Waals surface area contributed by atoms with Gasteiger partial charge in [-0.15, -0.1) is 0 Å². The molecule has 1 heterocycles. The van der Waals surface area contributed by atoms with Crippen LogP contribution in [0.4, 0.5) is 10.1 Å². The van der Waals surface area contributed by atoms with Gasteiger partial charge >= 0.3 is 0 Å². The molecule has 0 saturated carbocycles. The first-order valence-corrected chi connectivity index (χ1v) is 9.74. The molecule has 0 atom stereocenters. The second-order valence-electron chi connectivity index (χ2n) is 6.50. The van der Waals surface area contributed by atoms with Crippen molar-refractivity contribution in [3.8, 4) is 11.5 Å². The van der Waals surface area contributed by atoms with E-state index in [-0.39, 0.29) is 10.7 Å². The lowest BCUT2D eigenvalue weighted by Gasteiger charge is -2.13. The zero-order chi connectivity index (χ0) is 21.3. The minimum absolute atomic E-state index is 0.0489. The van der Waals surface area contributed by atoms with Crippen LogP contribution in [0.2, 0.25) is 5.02 Å². The third-order valence-corrected chi connectivity index (χ3v) is 4.95. The van der Waals surface area contributed by atoms with E-state index < -0.39 is 11.7 Å². The van der Waals surface area contributed by atoms with E-state index >= 15 is 0 Å². The fraction of sp³-hybridized carbons (Fsp3) is 0.0455. The highest BCUT2D eigenvalue weighted by Gasteiger charge is 2.16. The predicted octanol–water partition coefficient (Wildman–Crippen LogP) is 5.72. The largest absolute Gasteiger partial charge is 0.436 e. The molecule has 0 radical (unpaired) electrons. The van der Waals surface area contributed by atoms with E-state index in [1.807, 2.05) is 19.1 Å². The summed E-state index contributed by atoms with van der Waals surface area (Å²) in [6.45, 7) is 1.88. The van der Waals surface area contributed by atoms with Gasteiger partial charge in [-0.3, -0.25) is 10.1 Å². The van der Waals surface area contributed by atoms with Crippen LogP contribution in [0.15, 0.2) is 65.1 Å². The quantitative estimate of drug-likeness (QED) is 0.399. The average molecular weight is 440 g/mol. The summed E-state index contributed by atoms with van der Waals surface area (Å²) < 4.78 is 19.6. The molecule has 5 nitrogen and oxygen atoms in total. The Labute approximate surface area is 181 Å². The van der Waals surface area contributed by atoms with Crippen LogP contribution >= 0.6 is 23.8 Å². The summed E-state index contributed by atoms with van der Waals surface area (Å²) in [5.41, 5.74) is 3.43. The van der Waals surface area contributed by atoms with Gasteiger partial charge in [0.05, 0.1) is 5.56 Å². The van der Waals surface area contributed by atoms with Gasteiger partial charge in [0.1, 0.15) is 11.3 Å². The molecule has 30 heavy (non-hydrogen) atoms. The third kappa shape index (κ3) is 4.03. The molecule has 0 aliphatic heterocycles. The van der Waals surface area contributed by atoms with Crippen molar-refractivity contribution >= 4 is 51.6 Å². The highest BCUT2D eigenvalue weighted by atomic mass is 35.5. The van der Waals surface area contributed by atoms with Gasteiger partial charge in [0.25, 0.3) is 5.91 Å². The number of nitrogens with zero attached hydrogens (tertiary/aromatic N) is 1. The second kappa shape index (κ2) is 8.22. The summed E-state index contributed by atoms with van der Waals surface area (Å²) >= 11 is 11.2. The molecule has 150 valence electrons. The van der Waals surface area contributed by atoms with Gasteiger partial charge in [-0.1, -0.05) is 29.8 Å². The average Bonchev–Trinajstić information content (AvgIpc) is 3.12. The first-order chi connectivity index (χ1) is 14.4. The summed E-state index contributed by atoms with van der Waals surface area (Å²) in [4.78, 5) is 16.8. The smallest absolute Gasteiger partial charge is 0.260 e. The summed E-state index contributed by atoms with van der Waals surface area (Å²) in [5, 5.41) is 6.08. The maximum atomic E-state index is 13.8. The fourth-order valence-electron chi connectivity index (χ4n) is 2.99. The fourth-order valence-corrected chi connectivity index (χ4v) is 3.36. The maximum absolute atomic E-state index is 13.8. The molecule has 2 N–H and O–H groups in total. The van der Waals surface area contributed by atoms with Crippen LogP contribution in [0.1, 0.15) is 15.9 Å². The SMILES string of the molecule is Cc1c(NC(=S)NC(=O)c2ccccc2F)cccc1-c1nc2cc(Cl)ccc2o1. The molecular weight excluding hydrogens is 425 g/mol. The molecule has 4 aromatic rings. The van der Waals surface area contributed by atoms with E-state index in [4.69, 9.17) is 28.2 Å². The number of benzene rings is 3. The lowest BCUT2D eigenvalue weighted by Crippen LogP contribution is -2.34. The van der Waals surface area contributed by atoms with Gasteiger partial charge in [-0.25, -0.2) is 9.37 Å². The van der Waals surface area contributed by atoms with E-state index in [1.54, 1.807) is 30.3 Å². The van der Waals surface area contributed by atoms with E-state index in [1.165, 1.54) is 18.2 Å². The second-order valence-corrected chi connectivity index (χ2v) is 7.34. The number of anilines is 1. The van der Waals surface area contributed by atoms with Crippen molar-refractivity contribution in [3.63, 3.8) is 0 Å². The van der Waals surface area contributed by atoms with E-state index in [0.717, 1.165) is 11.1 Å². The van der Waals surface area contributed by atoms with Gasteiger partial charge in [0.15, 0.2) is 10.7 Å². The number of hydrogen-bond acceptors (Lipinski definition) is 4. The van der Waals surface area contributed by atoms with E-state index in [9.17, 15) is 9.18 Å². The molecule has 0 saturated heterocycles. The van der Waals surface area contributed by atoms with Crippen molar-refractivity contribution in [3.05, 3.63) is 82.6 Å². The molecule has 8 heteroatoms. The monoisotopic (exact) mass is 439 g/mol. The molecule has 1 aromatic heterocycles. The van der Waals surface area contributed by atoms with Gasteiger partial charge < -0.3 is 9.73 Å². The van der Waals surface area contributed by atoms with Crippen molar-refractivity contribution in [2.75, 3.05) is 5.32 Å². The van der Waals surface area contributed by atoms with Crippen molar-refractivity contribution in [1.82, 2.24) is 10.3 Å². The Bertz CT molecular complexity index is 1290. The molecule has 1 amide bonds. The topological polar surface area (TPSA) is 67.2 Å². The Morgan fingerprint density at radius 3 is 2.73 bits per heavy atom. The molecule has 0 spiro atoms. The number of rotatable bonds is 3. The van der Waals surface area contributed by atoms with Crippen LogP contribution in [0.25, 0.3) is 22.6 Å². The van der Waals surface area contributed by atoms with E-state index in [2.05, 4.69) is 15.6 Å². The number of carbonyl (C=O) groups excluding carboxylic acids is 1. The van der Waals surface area contributed by atoms with Crippen LogP contribution < -0.4 is 10.6 Å². The van der Waals surface area contributed by atoms with Crippen LogP contribution in [0, 0.1) is 12.7 Å². The standard InChI is InChI=1S/C22H15ClFN3O2S/c1-12-14(21-25-18-11-13(23)9-10-19(18)29-21)6-4-8-17(12)26-22(30)27-20(28)15-5-2-3-7-16(15)24/h2-11H,1H3,(H2,26,27,28,30). The Kier molecular flexibility index (Phi) is 5.48. The first-order valence-electron chi connectivity index (χ1n) is 8.95. The van der Waals surface area contributed by atoms with E-state index in [0.29, 0.717) is 27.7 Å². The maximum Gasteiger partial charge on any atom is 0.260 e. The first kappa shape index (κ1) is 20.0. The van der Waals surface area contributed by atoms with Crippen molar-refractivity contribution in [2.45, 2.75) is 6.92 Å². The molecule has 0 aliphatic rings. The predicted molar refractivity (Wildman–Crippen MR) is 119 cm³/mol. The lowest BCUT2D eigenvalue weighted by molar-refractivity contribution is 0.0974. The zero-order valence-electron chi connectivity index (χ0n) is 15.7. The van der Waals surface area contributed by atoms with Gasteiger partial charge in [0.2, 0.25) is 5.89 Å². The van der Waals surface area contributed by atoms with Crippen LogP contribution in [-0.2, 0) is 0 Å². The Hall–Kier alpha value is -3.29. The zero-order valence-corrected chi connectivity index (χ0v) is 17.3. The molecule has 0 unspecified atom stereocenters. The summed E-state index contributed by atoms with van der Waals surface area (Å²) in [5.74, 6) is -0.808. The Balaban J connectivity index is 1.56. The molecule has 4 rings (SSSR count). The third-order valence-electron chi connectivity index (χ3n) is 4.51. The van der Waals surface area contributed by atoms with Crippen molar-refractivity contribution in [1.29, 1.82) is 0 Å². The number of amides is 1. The number of oxazole rings is 1. The van der Waals surface area contributed by atoms with Crippen molar-refractivity contribution < 1.29 is 13.6 Å².